The van der Waals surface area contributed by atoms with Crippen molar-refractivity contribution in [3.8, 4) is 0 Å². The van der Waals surface area contributed by atoms with E-state index in [1.165, 1.54) is 4.70 Å². The topological polar surface area (TPSA) is 0 Å². The van der Waals surface area contributed by atoms with Crippen LogP contribution in [0.1, 0.15) is 0 Å². The van der Waals surface area contributed by atoms with Gasteiger partial charge in [0, 0.05) is 4.70 Å². The largest absolute Gasteiger partial charge is 0.101 e. The average Bonchev–Trinajstić information content (AvgIpc) is 1.37. The molecular formula is CH2S3. The van der Waals surface area contributed by atoms with E-state index in [1.54, 1.807) is 0 Å². The first-order chi connectivity index (χ1) is 1.91. The monoisotopic (exact) mass is 110 g/mol. The van der Waals surface area contributed by atoms with Gasteiger partial charge >= 0.3 is 0 Å². The molecule has 0 aromatic heterocycles. The summed E-state index contributed by atoms with van der Waals surface area (Å²) in [4.78, 5) is 0. The van der Waals surface area contributed by atoms with Crippen molar-refractivity contribution in [3.05, 3.63) is 0 Å². The molecule has 0 amide bonds. The fourth-order valence-electron chi connectivity index (χ4n) is 0. The van der Waals surface area contributed by atoms with Gasteiger partial charge in [-0.3, -0.25) is 0 Å². The van der Waals surface area contributed by atoms with Crippen LogP contribution in [-0.4, -0.2) is 4.70 Å². The van der Waals surface area contributed by atoms with Crippen molar-refractivity contribution in [2.45, 2.75) is 0 Å². The molecule has 0 unspecified atom stereocenters. The molecule has 0 nitrogen and oxygen atoms in total. The lowest BCUT2D eigenvalue weighted by Crippen LogP contribution is -1.44. The summed E-state index contributed by atoms with van der Waals surface area (Å²) in [6.07, 6.45) is 0. The Morgan fingerprint density at radius 1 is 1.75 bits per heavy atom. The zero-order valence-corrected chi connectivity index (χ0v) is 4.37. The van der Waals surface area contributed by atoms with Crippen molar-refractivity contribution in [2.75, 3.05) is 0 Å². The number of thiol groups is 1. The van der Waals surface area contributed by atoms with Crippen molar-refractivity contribution in [3.63, 3.8) is 0 Å². The van der Waals surface area contributed by atoms with E-state index < -0.39 is 0 Å². The van der Waals surface area contributed by atoms with Crippen LogP contribution in [0.3, 0.4) is 0 Å². The van der Waals surface area contributed by atoms with Crippen LogP contribution in [0, 0.1) is 0 Å². The molecule has 0 fully saturated rings. The Kier molecular flexibility index (Phi) is 4.26. The Labute approximate surface area is 38.8 Å². The van der Waals surface area contributed by atoms with Crippen LogP contribution in [0.4, 0.5) is 0 Å². The van der Waals surface area contributed by atoms with Crippen LogP contribution in [-0.2, 0) is 21.5 Å². The van der Waals surface area contributed by atoms with Crippen LogP contribution >= 0.6 is 12.2 Å². The summed E-state index contributed by atoms with van der Waals surface area (Å²) < 4.78 is 1.50. The average molecular weight is 110 g/mol. The molecule has 0 aromatic carbocycles. The number of rotatable bonds is 1. The lowest BCUT2D eigenvalue weighted by molar-refractivity contribution is 4.48. The zero-order chi connectivity index (χ0) is 3.41. The van der Waals surface area contributed by atoms with Crippen LogP contribution in [0.15, 0.2) is 0 Å². The molecule has 0 aliphatic carbocycles. The Morgan fingerprint density at radius 3 is 2.00 bits per heavy atom. The summed E-state index contributed by atoms with van der Waals surface area (Å²) in [6.45, 7) is 0. The van der Waals surface area contributed by atoms with Crippen molar-refractivity contribution in [2.24, 2.45) is 0 Å². The van der Waals surface area contributed by atoms with Crippen LogP contribution < -0.4 is 0 Å². The lowest BCUT2D eigenvalue weighted by atomic mass is 11.9. The third kappa shape index (κ3) is 2.66. The third-order valence-electron chi connectivity index (χ3n) is 0.0430. The van der Waals surface area contributed by atoms with Crippen molar-refractivity contribution < 1.29 is 0 Å². The first kappa shape index (κ1) is 4.66. The molecule has 0 N–H and O–H groups in total. The molecule has 0 bridgehead atoms. The van der Waals surface area contributed by atoms with E-state index in [1.807, 2.05) is 0 Å². The molecule has 0 radical (unpaired) electrons. The molecule has 0 spiro atoms. The lowest BCUT2D eigenvalue weighted by Gasteiger charge is -1.41. The molecule has 0 aromatic rings. The van der Waals surface area contributed by atoms with Gasteiger partial charge in [-0.15, -0.1) is 10.3 Å². The molecule has 0 saturated carbocycles. The molecule has 0 atom stereocenters. The number of thiocarbonyl (C=S) groups is 1. The first-order valence-corrected chi connectivity index (χ1v) is 3.12. The van der Waals surface area contributed by atoms with E-state index >= 15 is 0 Å². The Balaban J connectivity index is 2.73. The minimum absolute atomic E-state index is 0.772. The van der Waals surface area contributed by atoms with Gasteiger partial charge < -0.3 is 0 Å². The van der Waals surface area contributed by atoms with Gasteiger partial charge in [0.15, 0.2) is 0 Å². The molecule has 4 heavy (non-hydrogen) atoms. The van der Waals surface area contributed by atoms with Gasteiger partial charge in [-0.05, 0) is 11.2 Å². The van der Waals surface area contributed by atoms with Gasteiger partial charge in [0.25, 0.3) is 0 Å². The quantitative estimate of drug-likeness (QED) is 0.379. The highest BCUT2D eigenvalue weighted by Crippen LogP contribution is 1.38. The second-order valence-electron chi connectivity index (χ2n) is 0.211. The van der Waals surface area contributed by atoms with Gasteiger partial charge in [0.2, 0.25) is 0 Å². The summed E-state index contributed by atoms with van der Waals surface area (Å²) in [7, 11) is 0.772. The predicted molar refractivity (Wildman–Crippen MR) is 29.8 cm³/mol. The normalized spacial score (nSPS) is 6.00. The molecule has 0 rings (SSSR count). The van der Waals surface area contributed by atoms with Crippen molar-refractivity contribution >= 4 is 38.4 Å². The minimum Gasteiger partial charge on any atom is -0.101 e. The molecule has 0 aliphatic rings. The van der Waals surface area contributed by atoms with Crippen LogP contribution in [0.2, 0.25) is 0 Å². The highest BCUT2D eigenvalue weighted by molar-refractivity contribution is 8.29. The van der Waals surface area contributed by atoms with E-state index in [2.05, 4.69) is 23.4 Å². The highest BCUT2D eigenvalue weighted by atomic mass is 32.8. The summed E-state index contributed by atoms with van der Waals surface area (Å²) in [6, 6.07) is 0. The standard InChI is InChI=1S/CH2S3/c2-1-4-3/h1,4H. The fourth-order valence-corrected chi connectivity index (χ4v) is 0. The van der Waals surface area contributed by atoms with Gasteiger partial charge in [0.1, 0.15) is 0 Å². The zero-order valence-electron chi connectivity index (χ0n) is 1.84. The SMILES string of the molecule is S=C[SH]=S. The summed E-state index contributed by atoms with van der Waals surface area (Å²) in [5.41, 5.74) is 0. The second-order valence-corrected chi connectivity index (χ2v) is 1.90. The van der Waals surface area contributed by atoms with Crippen LogP contribution in [0.25, 0.3) is 0 Å². The van der Waals surface area contributed by atoms with E-state index in [-0.39, 0.29) is 0 Å². The van der Waals surface area contributed by atoms with E-state index in [0.29, 0.717) is 0 Å². The Bertz CT molecular complexity index is 24.3. The van der Waals surface area contributed by atoms with Crippen molar-refractivity contribution in [1.82, 2.24) is 0 Å². The first-order valence-electron chi connectivity index (χ1n) is 0.676. The maximum atomic E-state index is 4.37. The molecule has 3 heteroatoms. The van der Waals surface area contributed by atoms with Gasteiger partial charge in [0.05, 0.1) is 0 Å². The van der Waals surface area contributed by atoms with E-state index in [4.69, 9.17) is 0 Å². The number of hydrogen-bond acceptors (Lipinski definition) is 2. The molecule has 0 aliphatic heterocycles. The van der Waals surface area contributed by atoms with Gasteiger partial charge in [-0.2, -0.15) is 0 Å². The molecule has 0 heterocycles. The second kappa shape index (κ2) is 3.66. The molecular weight excluding hydrogens is 108 g/mol. The van der Waals surface area contributed by atoms with E-state index in [0.717, 1.165) is 10.3 Å². The molecule has 0 saturated heterocycles. The Morgan fingerprint density at radius 2 is 2.00 bits per heavy atom. The highest BCUT2D eigenvalue weighted by Gasteiger charge is 1.33. The van der Waals surface area contributed by atoms with Crippen LogP contribution in [0.5, 0.6) is 0 Å². The predicted octanol–water partition coefficient (Wildman–Crippen LogP) is 0.220. The number of hydrogen-bond donors (Lipinski definition) is 1. The van der Waals surface area contributed by atoms with E-state index in [9.17, 15) is 0 Å². The molecule has 24 valence electrons. The summed E-state index contributed by atoms with van der Waals surface area (Å²) in [5.74, 6) is 0. The summed E-state index contributed by atoms with van der Waals surface area (Å²) >= 11 is 8.68. The summed E-state index contributed by atoms with van der Waals surface area (Å²) in [5, 5.41) is 0. The fraction of sp³-hybridized carbons (Fsp3) is 0. The van der Waals surface area contributed by atoms with Gasteiger partial charge in [-0.25, -0.2) is 0 Å². The Hall–Kier alpha value is 0.660. The third-order valence-corrected chi connectivity index (χ3v) is 1.16. The maximum Gasteiger partial charge on any atom is 0.0357 e. The minimum atomic E-state index is 0.772. The maximum absolute atomic E-state index is 4.37. The smallest absolute Gasteiger partial charge is 0.0357 e. The van der Waals surface area contributed by atoms with Crippen molar-refractivity contribution in [1.29, 1.82) is 0 Å². The van der Waals surface area contributed by atoms with Gasteiger partial charge in [-0.1, -0.05) is 12.2 Å².